The molecule has 1 aromatic carbocycles. The molecular formula is C15H13ClF3N3S2. The summed E-state index contributed by atoms with van der Waals surface area (Å²) in [6.45, 7) is 0. The minimum absolute atomic E-state index is 0.0363. The Labute approximate surface area is 152 Å². The van der Waals surface area contributed by atoms with E-state index < -0.39 is 11.7 Å². The average molecular weight is 392 g/mol. The molecule has 2 rings (SSSR count). The molecular weight excluding hydrogens is 379 g/mol. The van der Waals surface area contributed by atoms with Crippen molar-refractivity contribution < 1.29 is 13.2 Å². The summed E-state index contributed by atoms with van der Waals surface area (Å²) < 4.78 is 37.8. The molecule has 0 saturated carbocycles. The first kappa shape index (κ1) is 18.8. The molecule has 0 spiro atoms. The summed E-state index contributed by atoms with van der Waals surface area (Å²) in [5, 5.41) is 3.90. The lowest BCUT2D eigenvalue weighted by atomic mass is 10.3. The number of nitrogens with zero attached hydrogens (tertiary/aromatic N) is 2. The second kappa shape index (κ2) is 7.58. The van der Waals surface area contributed by atoms with Gasteiger partial charge in [0.15, 0.2) is 5.11 Å². The lowest BCUT2D eigenvalue weighted by Gasteiger charge is -2.15. The number of benzene rings is 1. The molecule has 0 amide bonds. The molecule has 1 heterocycles. The summed E-state index contributed by atoms with van der Waals surface area (Å²) in [6.07, 6.45) is -3.68. The summed E-state index contributed by atoms with van der Waals surface area (Å²) in [5.74, 6) is 0. The van der Waals surface area contributed by atoms with E-state index in [2.05, 4.69) is 10.3 Å². The van der Waals surface area contributed by atoms with Crippen LogP contribution in [0.5, 0.6) is 0 Å². The fraction of sp³-hybridized carbons (Fsp3) is 0.200. The van der Waals surface area contributed by atoms with E-state index in [1.165, 1.54) is 11.8 Å². The summed E-state index contributed by atoms with van der Waals surface area (Å²) in [5.41, 5.74) is -0.0573. The lowest BCUT2D eigenvalue weighted by Crippen LogP contribution is -2.26. The van der Waals surface area contributed by atoms with Crippen LogP contribution in [0.2, 0.25) is 5.02 Å². The van der Waals surface area contributed by atoms with E-state index in [1.807, 2.05) is 26.2 Å². The fourth-order valence-corrected chi connectivity index (χ4v) is 2.77. The molecule has 0 aliphatic carbocycles. The minimum atomic E-state index is -4.46. The van der Waals surface area contributed by atoms with Crippen molar-refractivity contribution in [3.8, 4) is 0 Å². The van der Waals surface area contributed by atoms with Crippen LogP contribution in [0.15, 0.2) is 46.5 Å². The Bertz CT molecular complexity index is 734. The maximum absolute atomic E-state index is 12.6. The van der Waals surface area contributed by atoms with E-state index in [4.69, 9.17) is 23.8 Å². The number of anilines is 1. The summed E-state index contributed by atoms with van der Waals surface area (Å²) in [7, 11) is 3.66. The summed E-state index contributed by atoms with van der Waals surface area (Å²) >= 11 is 12.2. The van der Waals surface area contributed by atoms with Crippen molar-refractivity contribution in [2.75, 3.05) is 19.4 Å². The zero-order valence-corrected chi connectivity index (χ0v) is 15.1. The van der Waals surface area contributed by atoms with Crippen LogP contribution in [0.1, 0.15) is 5.56 Å². The van der Waals surface area contributed by atoms with E-state index in [0.717, 1.165) is 22.8 Å². The van der Waals surface area contributed by atoms with Crippen LogP contribution >= 0.6 is 35.6 Å². The van der Waals surface area contributed by atoms with Crippen LogP contribution in [0, 0.1) is 0 Å². The van der Waals surface area contributed by atoms with Crippen molar-refractivity contribution in [1.82, 2.24) is 9.88 Å². The molecule has 0 saturated heterocycles. The normalized spacial score (nSPS) is 11.2. The van der Waals surface area contributed by atoms with Gasteiger partial charge in [0, 0.05) is 30.9 Å². The standard InChI is InChI=1S/C15H13ClF3N3S2/c1-22(2)14(23)21-10-3-5-11(6-4-10)24-13-12(16)7-9(8-20-13)15(17,18)19/h3-8H,1-2H3,(H,21,23). The molecule has 24 heavy (non-hydrogen) atoms. The molecule has 0 fully saturated rings. The molecule has 9 heteroatoms. The Morgan fingerprint density at radius 3 is 2.38 bits per heavy atom. The second-order valence-electron chi connectivity index (χ2n) is 4.96. The zero-order chi connectivity index (χ0) is 17.9. The first-order valence-corrected chi connectivity index (χ1v) is 8.26. The number of nitrogens with one attached hydrogen (secondary N) is 1. The number of aromatic nitrogens is 1. The van der Waals surface area contributed by atoms with Gasteiger partial charge in [-0.3, -0.25) is 0 Å². The van der Waals surface area contributed by atoms with Crippen LogP contribution in [-0.2, 0) is 6.18 Å². The molecule has 1 N–H and O–H groups in total. The van der Waals surface area contributed by atoms with E-state index in [1.54, 1.807) is 17.0 Å². The summed E-state index contributed by atoms with van der Waals surface area (Å²) in [4.78, 5) is 6.37. The van der Waals surface area contributed by atoms with Crippen molar-refractivity contribution in [3.05, 3.63) is 47.1 Å². The Balaban J connectivity index is 2.10. The van der Waals surface area contributed by atoms with E-state index in [-0.39, 0.29) is 5.02 Å². The third kappa shape index (κ3) is 4.99. The van der Waals surface area contributed by atoms with Gasteiger partial charge in [0.1, 0.15) is 5.03 Å². The number of thiocarbonyl (C=S) groups is 1. The number of alkyl halides is 3. The Morgan fingerprint density at radius 1 is 1.25 bits per heavy atom. The number of rotatable bonds is 3. The van der Waals surface area contributed by atoms with Gasteiger partial charge in [0.2, 0.25) is 0 Å². The van der Waals surface area contributed by atoms with Crippen molar-refractivity contribution in [1.29, 1.82) is 0 Å². The van der Waals surface area contributed by atoms with Crippen LogP contribution < -0.4 is 5.32 Å². The Morgan fingerprint density at radius 2 is 1.88 bits per heavy atom. The van der Waals surface area contributed by atoms with Gasteiger partial charge in [0.05, 0.1) is 10.6 Å². The van der Waals surface area contributed by atoms with Crippen molar-refractivity contribution in [2.45, 2.75) is 16.1 Å². The van der Waals surface area contributed by atoms with Crippen molar-refractivity contribution >= 4 is 46.4 Å². The van der Waals surface area contributed by atoms with E-state index >= 15 is 0 Å². The molecule has 128 valence electrons. The Hall–Kier alpha value is -1.51. The number of halogens is 4. The predicted molar refractivity (Wildman–Crippen MR) is 94.7 cm³/mol. The van der Waals surface area contributed by atoms with Gasteiger partial charge in [-0.25, -0.2) is 4.98 Å². The van der Waals surface area contributed by atoms with Gasteiger partial charge < -0.3 is 10.2 Å². The molecule has 0 bridgehead atoms. The largest absolute Gasteiger partial charge is 0.417 e. The molecule has 2 aromatic rings. The third-order valence-corrected chi connectivity index (χ3v) is 4.75. The topological polar surface area (TPSA) is 28.2 Å². The van der Waals surface area contributed by atoms with Crippen molar-refractivity contribution in [2.24, 2.45) is 0 Å². The second-order valence-corrected chi connectivity index (χ2v) is 6.82. The maximum atomic E-state index is 12.6. The highest BCUT2D eigenvalue weighted by Gasteiger charge is 2.31. The molecule has 0 radical (unpaired) electrons. The van der Waals surface area contributed by atoms with E-state index in [0.29, 0.717) is 10.1 Å². The van der Waals surface area contributed by atoms with Gasteiger partial charge in [-0.05, 0) is 42.5 Å². The van der Waals surface area contributed by atoms with Crippen LogP contribution in [0.3, 0.4) is 0 Å². The highest BCUT2D eigenvalue weighted by molar-refractivity contribution is 7.99. The summed E-state index contributed by atoms with van der Waals surface area (Å²) in [6, 6.07) is 8.12. The zero-order valence-electron chi connectivity index (χ0n) is 12.7. The van der Waals surface area contributed by atoms with Crippen LogP contribution in [-0.4, -0.2) is 29.1 Å². The first-order chi connectivity index (χ1) is 11.2. The van der Waals surface area contributed by atoms with E-state index in [9.17, 15) is 13.2 Å². The number of pyridine rings is 1. The minimum Gasteiger partial charge on any atom is -0.355 e. The molecule has 3 nitrogen and oxygen atoms in total. The quantitative estimate of drug-likeness (QED) is 0.729. The van der Waals surface area contributed by atoms with Crippen LogP contribution in [0.25, 0.3) is 0 Å². The van der Waals surface area contributed by atoms with Gasteiger partial charge in [-0.1, -0.05) is 23.4 Å². The number of hydrogen-bond acceptors (Lipinski definition) is 3. The van der Waals surface area contributed by atoms with Gasteiger partial charge in [-0.15, -0.1) is 0 Å². The third-order valence-electron chi connectivity index (χ3n) is 2.86. The van der Waals surface area contributed by atoms with Gasteiger partial charge in [0.25, 0.3) is 0 Å². The first-order valence-electron chi connectivity index (χ1n) is 6.66. The molecule has 0 unspecified atom stereocenters. The smallest absolute Gasteiger partial charge is 0.355 e. The monoisotopic (exact) mass is 391 g/mol. The average Bonchev–Trinajstić information content (AvgIpc) is 2.50. The molecule has 0 atom stereocenters. The van der Waals surface area contributed by atoms with Crippen LogP contribution in [0.4, 0.5) is 18.9 Å². The molecule has 0 aliphatic heterocycles. The van der Waals surface area contributed by atoms with Gasteiger partial charge in [-0.2, -0.15) is 13.2 Å². The number of hydrogen-bond donors (Lipinski definition) is 1. The molecule has 0 aliphatic rings. The predicted octanol–water partition coefficient (Wildman–Crippen LogP) is 5.16. The Kier molecular flexibility index (Phi) is 5.95. The highest BCUT2D eigenvalue weighted by Crippen LogP contribution is 2.36. The van der Waals surface area contributed by atoms with Gasteiger partial charge >= 0.3 is 6.18 Å². The molecule has 1 aromatic heterocycles. The SMILES string of the molecule is CN(C)C(=S)Nc1ccc(Sc2ncc(C(F)(F)F)cc2Cl)cc1. The highest BCUT2D eigenvalue weighted by atomic mass is 35.5. The lowest BCUT2D eigenvalue weighted by molar-refractivity contribution is -0.137. The fourth-order valence-electron chi connectivity index (χ4n) is 1.61. The maximum Gasteiger partial charge on any atom is 0.417 e. The van der Waals surface area contributed by atoms with Crippen molar-refractivity contribution in [3.63, 3.8) is 0 Å².